The number of ether oxygens (including phenoxy) is 1. The molecule has 0 bridgehead atoms. The van der Waals surface area contributed by atoms with Gasteiger partial charge in [-0.1, -0.05) is 24.3 Å². The first-order valence-electron chi connectivity index (χ1n) is 10.5. The van der Waals surface area contributed by atoms with Crippen molar-refractivity contribution in [3.05, 3.63) is 60.2 Å². The fourth-order valence-electron chi connectivity index (χ4n) is 5.17. The van der Waals surface area contributed by atoms with Crippen LogP contribution in [0.3, 0.4) is 0 Å². The van der Waals surface area contributed by atoms with Gasteiger partial charge in [-0.05, 0) is 67.4 Å². The molecule has 2 aliphatic rings. The summed E-state index contributed by atoms with van der Waals surface area (Å²) >= 11 is 0. The lowest BCUT2D eigenvalue weighted by Crippen LogP contribution is -2.39. The third kappa shape index (κ3) is 4.54. The normalized spacial score (nSPS) is 28.4. The summed E-state index contributed by atoms with van der Waals surface area (Å²) in [6.07, 6.45) is 8.91. The second-order valence-electron chi connectivity index (χ2n) is 8.31. The lowest BCUT2D eigenvalue weighted by Gasteiger charge is -2.33. The maximum absolute atomic E-state index is 13.4. The van der Waals surface area contributed by atoms with Crippen LogP contribution in [0.15, 0.2) is 48.7 Å². The van der Waals surface area contributed by atoms with Gasteiger partial charge in [0, 0.05) is 30.8 Å². The number of pyridine rings is 1. The maximum Gasteiger partial charge on any atom is 0.404 e. The number of aromatic nitrogens is 1. The van der Waals surface area contributed by atoms with E-state index >= 15 is 0 Å². The predicted octanol–water partition coefficient (Wildman–Crippen LogP) is 4.99. The van der Waals surface area contributed by atoms with Crippen molar-refractivity contribution in [1.29, 1.82) is 0 Å². The largest absolute Gasteiger partial charge is 0.465 e. The third-order valence-corrected chi connectivity index (χ3v) is 6.56. The van der Waals surface area contributed by atoms with E-state index in [0.29, 0.717) is 17.8 Å². The molecule has 4 rings (SSSR count). The van der Waals surface area contributed by atoms with E-state index in [1.54, 1.807) is 19.4 Å². The molecule has 2 fully saturated rings. The van der Waals surface area contributed by atoms with E-state index in [2.05, 4.69) is 16.4 Å². The molecule has 6 heteroatoms. The molecular formula is C24H27FN2O3. The zero-order valence-corrected chi connectivity index (χ0v) is 17.0. The molecule has 1 amide bonds. The molecule has 0 radical (unpaired) electrons. The molecule has 0 spiro atoms. The van der Waals surface area contributed by atoms with Crippen LogP contribution in [0.5, 0.6) is 0 Å². The summed E-state index contributed by atoms with van der Waals surface area (Å²) in [4.78, 5) is 15.5. The van der Waals surface area contributed by atoms with Gasteiger partial charge in [0.1, 0.15) is 5.82 Å². The number of amides is 1. The number of fused-ring (bicyclic) bond motifs is 1. The topological polar surface area (TPSA) is 71.5 Å². The van der Waals surface area contributed by atoms with Crippen molar-refractivity contribution in [3.63, 3.8) is 0 Å². The zero-order chi connectivity index (χ0) is 21.1. The second-order valence-corrected chi connectivity index (χ2v) is 8.31. The average molecular weight is 410 g/mol. The van der Waals surface area contributed by atoms with Gasteiger partial charge in [0.25, 0.3) is 0 Å². The van der Waals surface area contributed by atoms with E-state index in [-0.39, 0.29) is 18.0 Å². The zero-order valence-electron chi connectivity index (χ0n) is 17.0. The number of nitrogens with zero attached hydrogens (tertiary/aromatic N) is 1. The Labute approximate surface area is 176 Å². The Balaban J connectivity index is 1.44. The Morgan fingerprint density at radius 1 is 1.23 bits per heavy atom. The first-order chi connectivity index (χ1) is 14.5. The standard InChI is InChI=1S/C24H27FN2O3/c1-30-23-13-17-12-20(27-24(28)29)8-9-21(17)22(23)10-7-19-6-5-16(14-26-19)15-3-2-4-18(25)11-15/h2-7,10-11,14,17,20-23,27H,8-9,12-13H2,1H3,(H,28,29)/b10-7+/t17-,20-,21-,22+,23+/m1/s1. The first-order valence-corrected chi connectivity index (χ1v) is 10.5. The lowest BCUT2D eigenvalue weighted by molar-refractivity contribution is 0.0778. The number of hydrogen-bond donors (Lipinski definition) is 2. The van der Waals surface area contributed by atoms with Crippen molar-refractivity contribution in [1.82, 2.24) is 10.3 Å². The van der Waals surface area contributed by atoms with Crippen molar-refractivity contribution in [2.75, 3.05) is 7.11 Å². The van der Waals surface area contributed by atoms with Gasteiger partial charge >= 0.3 is 6.09 Å². The summed E-state index contributed by atoms with van der Waals surface area (Å²) in [5.41, 5.74) is 2.55. The Kier molecular flexibility index (Phi) is 6.13. The molecule has 5 nitrogen and oxygen atoms in total. The van der Waals surface area contributed by atoms with Gasteiger partial charge in [-0.15, -0.1) is 0 Å². The van der Waals surface area contributed by atoms with Gasteiger partial charge in [0.2, 0.25) is 0 Å². The molecule has 5 atom stereocenters. The third-order valence-electron chi connectivity index (χ3n) is 6.56. The molecule has 0 saturated heterocycles. The SMILES string of the molecule is CO[C@H]1C[C@H]2C[C@H](NC(=O)O)CC[C@H]2[C@@H]1/C=C/c1ccc(-c2cccc(F)c2)cn1. The number of carbonyl (C=O) groups is 1. The van der Waals surface area contributed by atoms with Gasteiger partial charge in [-0.3, -0.25) is 4.98 Å². The van der Waals surface area contributed by atoms with Gasteiger partial charge in [-0.25, -0.2) is 9.18 Å². The van der Waals surface area contributed by atoms with Crippen LogP contribution in [-0.4, -0.2) is 35.4 Å². The predicted molar refractivity (Wildman–Crippen MR) is 113 cm³/mol. The molecule has 2 N–H and O–H groups in total. The van der Waals surface area contributed by atoms with Crippen molar-refractivity contribution in [2.24, 2.45) is 17.8 Å². The lowest BCUT2D eigenvalue weighted by atomic mass is 9.76. The van der Waals surface area contributed by atoms with Crippen LogP contribution in [0.25, 0.3) is 17.2 Å². The Bertz CT molecular complexity index is 915. The molecule has 30 heavy (non-hydrogen) atoms. The van der Waals surface area contributed by atoms with Gasteiger partial charge < -0.3 is 15.2 Å². The maximum atomic E-state index is 13.4. The molecular weight excluding hydrogens is 383 g/mol. The van der Waals surface area contributed by atoms with Crippen molar-refractivity contribution in [2.45, 2.75) is 37.8 Å². The molecule has 0 aliphatic heterocycles. The number of hydrogen-bond acceptors (Lipinski definition) is 3. The van der Waals surface area contributed by atoms with Crippen LogP contribution in [0.4, 0.5) is 9.18 Å². The smallest absolute Gasteiger partial charge is 0.404 e. The molecule has 158 valence electrons. The van der Waals surface area contributed by atoms with Crippen LogP contribution in [0, 0.1) is 23.6 Å². The summed E-state index contributed by atoms with van der Waals surface area (Å²) in [7, 11) is 1.75. The highest BCUT2D eigenvalue weighted by molar-refractivity contribution is 5.65. The minimum absolute atomic E-state index is 0.0426. The molecule has 2 aromatic rings. The average Bonchev–Trinajstić information content (AvgIpc) is 3.09. The van der Waals surface area contributed by atoms with Crippen LogP contribution in [0.1, 0.15) is 31.4 Å². The number of methoxy groups -OCH3 is 1. The number of rotatable bonds is 5. The summed E-state index contributed by atoms with van der Waals surface area (Å²) in [5.74, 6) is 1.02. The van der Waals surface area contributed by atoms with Crippen molar-refractivity contribution >= 4 is 12.2 Å². The van der Waals surface area contributed by atoms with E-state index in [1.165, 1.54) is 12.1 Å². The minimum atomic E-state index is -0.941. The number of carboxylic acid groups (broad SMARTS) is 1. The van der Waals surface area contributed by atoms with E-state index in [9.17, 15) is 9.18 Å². The minimum Gasteiger partial charge on any atom is -0.465 e. The summed E-state index contributed by atoms with van der Waals surface area (Å²) in [6, 6.07) is 10.4. The second kappa shape index (κ2) is 8.96. The van der Waals surface area contributed by atoms with Crippen LogP contribution >= 0.6 is 0 Å². The quantitative estimate of drug-likeness (QED) is 0.729. The molecule has 1 aromatic heterocycles. The van der Waals surface area contributed by atoms with Crippen molar-refractivity contribution < 1.29 is 19.0 Å². The molecule has 1 aromatic carbocycles. The highest BCUT2D eigenvalue weighted by atomic mass is 19.1. The summed E-state index contributed by atoms with van der Waals surface area (Å²) in [5, 5.41) is 11.6. The fraction of sp³-hybridized carbons (Fsp3) is 0.417. The number of halogens is 1. The monoisotopic (exact) mass is 410 g/mol. The molecule has 0 unspecified atom stereocenters. The highest BCUT2D eigenvalue weighted by Gasteiger charge is 2.45. The number of nitrogens with one attached hydrogen (secondary N) is 1. The van der Waals surface area contributed by atoms with Gasteiger partial charge in [-0.2, -0.15) is 0 Å². The van der Waals surface area contributed by atoms with E-state index in [4.69, 9.17) is 9.84 Å². The Morgan fingerprint density at radius 3 is 2.80 bits per heavy atom. The summed E-state index contributed by atoms with van der Waals surface area (Å²) < 4.78 is 19.2. The molecule has 2 saturated carbocycles. The van der Waals surface area contributed by atoms with Crippen LogP contribution < -0.4 is 5.32 Å². The van der Waals surface area contributed by atoms with E-state index < -0.39 is 6.09 Å². The Morgan fingerprint density at radius 2 is 2.10 bits per heavy atom. The number of benzene rings is 1. The molecule has 1 heterocycles. The fourth-order valence-corrected chi connectivity index (χ4v) is 5.17. The first kappa shape index (κ1) is 20.5. The van der Waals surface area contributed by atoms with E-state index in [0.717, 1.165) is 42.5 Å². The van der Waals surface area contributed by atoms with Gasteiger partial charge in [0.05, 0.1) is 11.8 Å². The van der Waals surface area contributed by atoms with Crippen LogP contribution in [0.2, 0.25) is 0 Å². The van der Waals surface area contributed by atoms with Crippen LogP contribution in [-0.2, 0) is 4.74 Å². The highest BCUT2D eigenvalue weighted by Crippen LogP contribution is 2.47. The molecule has 2 aliphatic carbocycles. The van der Waals surface area contributed by atoms with Crippen molar-refractivity contribution in [3.8, 4) is 11.1 Å². The van der Waals surface area contributed by atoms with E-state index in [1.807, 2.05) is 24.3 Å². The summed E-state index contributed by atoms with van der Waals surface area (Å²) in [6.45, 7) is 0. The Hall–Kier alpha value is -2.73. The van der Waals surface area contributed by atoms with Gasteiger partial charge in [0.15, 0.2) is 0 Å².